The number of esters is 1. The fraction of sp³-hybridized carbons (Fsp3) is 0.118. The lowest BCUT2D eigenvalue weighted by Gasteiger charge is -2.01. The molecule has 0 fully saturated rings. The van der Waals surface area contributed by atoms with Crippen molar-refractivity contribution in [3.63, 3.8) is 0 Å². The van der Waals surface area contributed by atoms with Gasteiger partial charge in [0.1, 0.15) is 5.69 Å². The van der Waals surface area contributed by atoms with Crippen LogP contribution in [0.3, 0.4) is 0 Å². The lowest BCUT2D eigenvalue weighted by atomic mass is 10.0. The average Bonchev–Trinajstić information content (AvgIpc) is 2.85. The molecule has 0 radical (unpaired) electrons. The number of pyridine rings is 1. The van der Waals surface area contributed by atoms with Crippen LogP contribution < -0.4 is 0 Å². The summed E-state index contributed by atoms with van der Waals surface area (Å²) < 4.78 is 5.18. The van der Waals surface area contributed by atoms with Crippen molar-refractivity contribution >= 4 is 17.9 Å². The Labute approximate surface area is 122 Å². The van der Waals surface area contributed by atoms with Gasteiger partial charge in [-0.2, -0.15) is 0 Å². The van der Waals surface area contributed by atoms with Crippen molar-refractivity contribution in [1.29, 1.82) is 0 Å². The lowest BCUT2D eigenvalue weighted by molar-refractivity contribution is -0.129. The van der Waals surface area contributed by atoms with Gasteiger partial charge in [0.25, 0.3) is 0 Å². The number of aryl methyl sites for hydroxylation is 2. The van der Waals surface area contributed by atoms with Gasteiger partial charge in [-0.25, -0.2) is 9.79 Å². The minimum absolute atomic E-state index is 0.247. The molecule has 0 unspecified atom stereocenters. The number of aliphatic imine (C=N–C) groups is 1. The van der Waals surface area contributed by atoms with Gasteiger partial charge in [-0.15, -0.1) is 0 Å². The second-order valence-electron chi connectivity index (χ2n) is 4.91. The normalized spacial score (nSPS) is 16.0. The Kier molecular flexibility index (Phi) is 3.36. The summed E-state index contributed by atoms with van der Waals surface area (Å²) >= 11 is 0. The molecular formula is C17H14N2O2. The molecular weight excluding hydrogens is 264 g/mol. The van der Waals surface area contributed by atoms with Crippen molar-refractivity contribution in [2.45, 2.75) is 13.8 Å². The Bertz CT molecular complexity index is 762. The van der Waals surface area contributed by atoms with E-state index in [1.54, 1.807) is 24.4 Å². The highest BCUT2D eigenvalue weighted by atomic mass is 16.6. The summed E-state index contributed by atoms with van der Waals surface area (Å²) in [5, 5.41) is 0. The zero-order chi connectivity index (χ0) is 14.8. The van der Waals surface area contributed by atoms with E-state index in [4.69, 9.17) is 4.74 Å². The number of carbonyl (C=O) groups excluding carboxylic acids is 1. The Balaban J connectivity index is 1.99. The molecule has 0 spiro atoms. The predicted molar refractivity (Wildman–Crippen MR) is 80.8 cm³/mol. The number of cyclic esters (lactones) is 1. The minimum Gasteiger partial charge on any atom is -0.400 e. The molecule has 0 amide bonds. The first kappa shape index (κ1) is 13.2. The molecule has 0 atom stereocenters. The Morgan fingerprint density at radius 3 is 2.76 bits per heavy atom. The summed E-state index contributed by atoms with van der Waals surface area (Å²) in [5.41, 5.74) is 4.03. The molecule has 0 aliphatic carbocycles. The van der Waals surface area contributed by atoms with Crippen LogP contribution in [0, 0.1) is 13.8 Å². The third-order valence-electron chi connectivity index (χ3n) is 3.23. The zero-order valence-electron chi connectivity index (χ0n) is 11.8. The van der Waals surface area contributed by atoms with E-state index >= 15 is 0 Å². The average molecular weight is 278 g/mol. The minimum atomic E-state index is -0.448. The van der Waals surface area contributed by atoms with E-state index in [9.17, 15) is 4.79 Å². The maximum Gasteiger partial charge on any atom is 0.363 e. The first-order valence-corrected chi connectivity index (χ1v) is 6.65. The third-order valence-corrected chi connectivity index (χ3v) is 3.23. The van der Waals surface area contributed by atoms with Gasteiger partial charge >= 0.3 is 5.97 Å². The molecule has 0 saturated carbocycles. The summed E-state index contributed by atoms with van der Waals surface area (Å²) in [7, 11) is 0. The van der Waals surface area contributed by atoms with Crippen LogP contribution in [-0.2, 0) is 9.53 Å². The van der Waals surface area contributed by atoms with Crippen molar-refractivity contribution in [3.05, 3.63) is 70.7 Å². The molecule has 1 aromatic heterocycles. The number of rotatable bonds is 2. The highest BCUT2D eigenvalue weighted by Crippen LogP contribution is 2.20. The van der Waals surface area contributed by atoms with Crippen molar-refractivity contribution in [2.24, 2.45) is 4.99 Å². The van der Waals surface area contributed by atoms with Crippen LogP contribution in [0.15, 0.2) is 53.3 Å². The quantitative estimate of drug-likeness (QED) is 0.626. The number of carbonyl (C=O) groups is 1. The largest absolute Gasteiger partial charge is 0.400 e. The van der Waals surface area contributed by atoms with Crippen LogP contribution in [0.5, 0.6) is 0 Å². The SMILES string of the molecule is Cc1ccc(C)c(/C=C2/N=C(c3ccccn3)OC2=O)c1. The van der Waals surface area contributed by atoms with Gasteiger partial charge < -0.3 is 4.74 Å². The Hall–Kier alpha value is -2.75. The molecule has 1 aliphatic rings. The van der Waals surface area contributed by atoms with Gasteiger partial charge in [0.2, 0.25) is 5.90 Å². The third kappa shape index (κ3) is 2.74. The van der Waals surface area contributed by atoms with Gasteiger partial charge in [0.15, 0.2) is 5.70 Å². The van der Waals surface area contributed by atoms with Crippen LogP contribution in [0.2, 0.25) is 0 Å². The van der Waals surface area contributed by atoms with E-state index in [-0.39, 0.29) is 5.90 Å². The molecule has 0 saturated heterocycles. The van der Waals surface area contributed by atoms with Crippen LogP contribution in [-0.4, -0.2) is 16.9 Å². The molecule has 0 N–H and O–H groups in total. The van der Waals surface area contributed by atoms with Crippen molar-refractivity contribution < 1.29 is 9.53 Å². The summed E-state index contributed by atoms with van der Waals surface area (Å²) in [6.07, 6.45) is 3.39. The molecule has 4 nitrogen and oxygen atoms in total. The second-order valence-corrected chi connectivity index (χ2v) is 4.91. The highest BCUT2D eigenvalue weighted by Gasteiger charge is 2.24. The lowest BCUT2D eigenvalue weighted by Crippen LogP contribution is -2.06. The number of ether oxygens (including phenoxy) is 1. The Morgan fingerprint density at radius 1 is 1.14 bits per heavy atom. The van der Waals surface area contributed by atoms with Gasteiger partial charge in [0, 0.05) is 6.20 Å². The Morgan fingerprint density at radius 2 is 2.00 bits per heavy atom. The summed E-state index contributed by atoms with van der Waals surface area (Å²) in [6.45, 7) is 4.01. The molecule has 1 aromatic carbocycles. The van der Waals surface area contributed by atoms with Crippen LogP contribution in [0.4, 0.5) is 0 Å². The van der Waals surface area contributed by atoms with Crippen molar-refractivity contribution in [2.75, 3.05) is 0 Å². The smallest absolute Gasteiger partial charge is 0.363 e. The maximum atomic E-state index is 11.9. The second kappa shape index (κ2) is 5.32. The fourth-order valence-corrected chi connectivity index (χ4v) is 2.07. The molecule has 1 aliphatic heterocycles. The number of benzene rings is 1. The molecule has 3 rings (SSSR count). The highest BCUT2D eigenvalue weighted by molar-refractivity contribution is 6.12. The van der Waals surface area contributed by atoms with Crippen molar-refractivity contribution in [3.8, 4) is 0 Å². The van der Waals surface area contributed by atoms with E-state index in [2.05, 4.69) is 9.98 Å². The van der Waals surface area contributed by atoms with E-state index in [0.717, 1.165) is 16.7 Å². The van der Waals surface area contributed by atoms with E-state index in [1.165, 1.54) is 0 Å². The van der Waals surface area contributed by atoms with Crippen LogP contribution >= 0.6 is 0 Å². The van der Waals surface area contributed by atoms with E-state index in [0.29, 0.717) is 11.4 Å². The van der Waals surface area contributed by atoms with Gasteiger partial charge in [0.05, 0.1) is 0 Å². The standard InChI is InChI=1S/C17H14N2O2/c1-11-6-7-12(2)13(9-11)10-15-17(20)21-16(19-15)14-5-3-4-8-18-14/h3-10H,1-2H3/b15-10+. The fourth-order valence-electron chi connectivity index (χ4n) is 2.07. The molecule has 4 heteroatoms. The number of hydrogen-bond donors (Lipinski definition) is 0. The molecule has 21 heavy (non-hydrogen) atoms. The summed E-state index contributed by atoms with van der Waals surface area (Å²) in [5.74, 6) is -0.200. The van der Waals surface area contributed by atoms with E-state index < -0.39 is 5.97 Å². The first-order valence-electron chi connectivity index (χ1n) is 6.65. The number of hydrogen-bond acceptors (Lipinski definition) is 4. The van der Waals surface area contributed by atoms with Crippen LogP contribution in [0.25, 0.3) is 6.08 Å². The maximum absolute atomic E-state index is 11.9. The van der Waals surface area contributed by atoms with Gasteiger partial charge in [-0.1, -0.05) is 29.8 Å². The summed E-state index contributed by atoms with van der Waals surface area (Å²) in [4.78, 5) is 20.3. The topological polar surface area (TPSA) is 51.6 Å². The molecule has 0 bridgehead atoms. The predicted octanol–water partition coefficient (Wildman–Crippen LogP) is 3.04. The van der Waals surface area contributed by atoms with Gasteiger partial charge in [-0.3, -0.25) is 4.98 Å². The monoisotopic (exact) mass is 278 g/mol. The van der Waals surface area contributed by atoms with Crippen LogP contribution in [0.1, 0.15) is 22.4 Å². The molecule has 104 valence electrons. The zero-order valence-corrected chi connectivity index (χ0v) is 11.8. The molecule has 2 heterocycles. The first-order chi connectivity index (χ1) is 10.1. The van der Waals surface area contributed by atoms with Gasteiger partial charge in [-0.05, 0) is 43.2 Å². The summed E-state index contributed by atoms with van der Waals surface area (Å²) in [6, 6.07) is 11.5. The van der Waals surface area contributed by atoms with E-state index in [1.807, 2.05) is 38.1 Å². The molecule has 2 aromatic rings. The van der Waals surface area contributed by atoms with Crippen molar-refractivity contribution in [1.82, 2.24) is 4.98 Å². The number of aromatic nitrogens is 1. The number of nitrogens with zero attached hydrogens (tertiary/aromatic N) is 2.